The third-order valence-electron chi connectivity index (χ3n) is 7.66. The van der Waals surface area contributed by atoms with E-state index in [1.807, 2.05) is 54.6 Å². The molecule has 2 aromatic rings. The molecular weight excluding hydrogens is 510 g/mol. The number of rotatable bonds is 13. The largest absolute Gasteiger partial charge is 0.392 e. The Kier molecular flexibility index (Phi) is 11.3. The van der Waals surface area contributed by atoms with Gasteiger partial charge in [-0.25, -0.2) is 5.48 Å². The lowest BCUT2D eigenvalue weighted by molar-refractivity contribution is -0.253. The molecule has 1 heterocycles. The molecule has 1 saturated heterocycles. The van der Waals surface area contributed by atoms with Gasteiger partial charge in [0.2, 0.25) is 11.8 Å². The zero-order chi connectivity index (χ0) is 28.3. The summed E-state index contributed by atoms with van der Waals surface area (Å²) in [6, 6.07) is 15.8. The normalized spacial score (nSPS) is 21.3. The summed E-state index contributed by atoms with van der Waals surface area (Å²) >= 11 is 0. The van der Waals surface area contributed by atoms with Crippen molar-refractivity contribution in [3.63, 3.8) is 0 Å². The van der Waals surface area contributed by atoms with Crippen LogP contribution in [0.1, 0.15) is 80.5 Å². The van der Waals surface area contributed by atoms with Gasteiger partial charge in [-0.3, -0.25) is 19.7 Å². The number of hydroxylamine groups is 1. The maximum atomic E-state index is 12.2. The van der Waals surface area contributed by atoms with E-state index in [9.17, 15) is 14.7 Å². The Morgan fingerprint density at radius 2 is 1.65 bits per heavy atom. The highest BCUT2D eigenvalue weighted by molar-refractivity contribution is 5.91. The van der Waals surface area contributed by atoms with Crippen molar-refractivity contribution in [2.45, 2.75) is 82.5 Å². The van der Waals surface area contributed by atoms with Crippen molar-refractivity contribution in [1.82, 2.24) is 10.4 Å². The Labute approximate surface area is 236 Å². The van der Waals surface area contributed by atoms with Gasteiger partial charge in [0.05, 0.1) is 18.8 Å². The van der Waals surface area contributed by atoms with E-state index in [0.717, 1.165) is 36.2 Å². The maximum absolute atomic E-state index is 12.2. The van der Waals surface area contributed by atoms with Crippen LogP contribution in [0.4, 0.5) is 5.69 Å². The van der Waals surface area contributed by atoms with Crippen molar-refractivity contribution in [2.24, 2.45) is 0 Å². The van der Waals surface area contributed by atoms with E-state index in [0.29, 0.717) is 18.2 Å². The molecule has 1 saturated carbocycles. The Bertz CT molecular complexity index is 1100. The second-order valence-corrected chi connectivity index (χ2v) is 10.6. The third-order valence-corrected chi connectivity index (χ3v) is 7.66. The molecule has 2 fully saturated rings. The first-order chi connectivity index (χ1) is 19.5. The zero-order valence-electron chi connectivity index (χ0n) is 23.0. The van der Waals surface area contributed by atoms with Crippen LogP contribution in [-0.2, 0) is 25.7 Å². The summed E-state index contributed by atoms with van der Waals surface area (Å²) in [7, 11) is 0. The molecular formula is C31H41N3O6. The molecule has 9 nitrogen and oxygen atoms in total. The van der Waals surface area contributed by atoms with Gasteiger partial charge >= 0.3 is 0 Å². The van der Waals surface area contributed by atoms with E-state index >= 15 is 0 Å². The lowest BCUT2D eigenvalue weighted by atomic mass is 9.99. The lowest BCUT2D eigenvalue weighted by Gasteiger charge is -2.39. The second-order valence-electron chi connectivity index (χ2n) is 10.6. The number of anilines is 1. The molecule has 2 aliphatic rings. The fourth-order valence-electron chi connectivity index (χ4n) is 5.51. The third kappa shape index (κ3) is 8.46. The number of hydrogen-bond acceptors (Lipinski definition) is 7. The minimum absolute atomic E-state index is 0.00105. The number of nitrogens with zero attached hydrogens (tertiary/aromatic N) is 1. The summed E-state index contributed by atoms with van der Waals surface area (Å²) in [4.78, 5) is 25.9. The zero-order valence-corrected chi connectivity index (χ0v) is 23.0. The summed E-state index contributed by atoms with van der Waals surface area (Å²) in [5.74, 6) is -0.717. The SMILES string of the molecule is C=CCN(C[C@@H]1C[C@H](c2ccc(CO)cc2)O[C@H](c2ccc(NC(=O)CCCC(=O)NO)cc2)O1)C1CCCC1. The van der Waals surface area contributed by atoms with E-state index in [-0.39, 0.29) is 37.6 Å². The van der Waals surface area contributed by atoms with E-state index in [2.05, 4.69) is 16.8 Å². The van der Waals surface area contributed by atoms with Crippen molar-refractivity contribution in [3.8, 4) is 0 Å². The summed E-state index contributed by atoms with van der Waals surface area (Å²) < 4.78 is 13.0. The number of carbonyl (C=O) groups excluding carboxylic acids is 2. The van der Waals surface area contributed by atoms with Gasteiger partial charge in [0, 0.05) is 49.6 Å². The van der Waals surface area contributed by atoms with E-state index in [1.165, 1.54) is 25.7 Å². The van der Waals surface area contributed by atoms with Gasteiger partial charge in [0.1, 0.15) is 0 Å². The quantitative estimate of drug-likeness (QED) is 0.161. The van der Waals surface area contributed by atoms with E-state index < -0.39 is 12.2 Å². The average Bonchev–Trinajstić information content (AvgIpc) is 3.52. The minimum Gasteiger partial charge on any atom is -0.392 e. The molecule has 0 bridgehead atoms. The van der Waals surface area contributed by atoms with Crippen LogP contribution < -0.4 is 10.8 Å². The molecule has 0 aromatic heterocycles. The Morgan fingerprint density at radius 3 is 2.30 bits per heavy atom. The molecule has 216 valence electrons. The predicted octanol–water partition coefficient (Wildman–Crippen LogP) is 4.77. The predicted molar refractivity (Wildman–Crippen MR) is 151 cm³/mol. The van der Waals surface area contributed by atoms with Gasteiger partial charge in [-0.05, 0) is 42.5 Å². The van der Waals surface area contributed by atoms with Crippen LogP contribution in [0.2, 0.25) is 0 Å². The van der Waals surface area contributed by atoms with Crippen LogP contribution >= 0.6 is 0 Å². The number of aliphatic hydroxyl groups excluding tert-OH is 1. The van der Waals surface area contributed by atoms with Crippen molar-refractivity contribution >= 4 is 17.5 Å². The Morgan fingerprint density at radius 1 is 0.975 bits per heavy atom. The molecule has 4 rings (SSSR count). The molecule has 2 aromatic carbocycles. The summed E-state index contributed by atoms with van der Waals surface area (Å²) in [6.45, 7) is 5.60. The molecule has 40 heavy (non-hydrogen) atoms. The van der Waals surface area contributed by atoms with Crippen molar-refractivity contribution in [3.05, 3.63) is 77.9 Å². The molecule has 0 spiro atoms. The number of hydrogen-bond donors (Lipinski definition) is 4. The monoisotopic (exact) mass is 551 g/mol. The Balaban J connectivity index is 1.45. The van der Waals surface area contributed by atoms with Crippen LogP contribution in [-0.4, -0.2) is 52.3 Å². The molecule has 0 unspecified atom stereocenters. The lowest BCUT2D eigenvalue weighted by Crippen LogP contribution is -2.43. The standard InChI is InChI=1S/C31H41N3O6/c1-2-18-34(26-6-3-4-7-26)20-27-19-28(23-12-10-22(21-35)11-13-23)40-31(39-27)24-14-16-25(17-15-24)32-29(36)8-5-9-30(37)33-38/h2,10-17,26-28,31,35,38H,1,3-9,18-21H2,(H,32,36)(H,33,37)/t27-,28+,31+/m0/s1. The first-order valence-electron chi connectivity index (χ1n) is 14.2. The van der Waals surface area contributed by atoms with Crippen LogP contribution in [0, 0.1) is 0 Å². The van der Waals surface area contributed by atoms with Gasteiger partial charge < -0.3 is 19.9 Å². The number of ether oxygens (including phenoxy) is 2. The number of amides is 2. The van der Waals surface area contributed by atoms with Crippen LogP contribution in [0.25, 0.3) is 0 Å². The number of carbonyl (C=O) groups is 2. The van der Waals surface area contributed by atoms with Crippen molar-refractivity contribution in [1.29, 1.82) is 0 Å². The molecule has 1 aliphatic carbocycles. The summed E-state index contributed by atoms with van der Waals surface area (Å²) in [5, 5.41) is 20.9. The molecule has 4 N–H and O–H groups in total. The average molecular weight is 552 g/mol. The molecule has 9 heteroatoms. The van der Waals surface area contributed by atoms with Gasteiger partial charge in [0.15, 0.2) is 6.29 Å². The smallest absolute Gasteiger partial charge is 0.243 e. The van der Waals surface area contributed by atoms with Crippen LogP contribution in [0.15, 0.2) is 61.2 Å². The highest BCUT2D eigenvalue weighted by Gasteiger charge is 2.34. The fraction of sp³-hybridized carbons (Fsp3) is 0.484. The van der Waals surface area contributed by atoms with Gasteiger partial charge in [-0.2, -0.15) is 0 Å². The minimum atomic E-state index is -0.572. The number of benzene rings is 2. The van der Waals surface area contributed by atoms with Gasteiger partial charge in [-0.1, -0.05) is 55.3 Å². The first kappa shape index (κ1) is 29.9. The van der Waals surface area contributed by atoms with Crippen molar-refractivity contribution < 1.29 is 29.4 Å². The highest BCUT2D eigenvalue weighted by Crippen LogP contribution is 2.39. The topological polar surface area (TPSA) is 120 Å². The molecule has 1 aliphatic heterocycles. The maximum Gasteiger partial charge on any atom is 0.243 e. The summed E-state index contributed by atoms with van der Waals surface area (Å²) in [5.41, 5.74) is 4.97. The van der Waals surface area contributed by atoms with Crippen molar-refractivity contribution in [2.75, 3.05) is 18.4 Å². The number of nitrogens with one attached hydrogen (secondary N) is 2. The van der Waals surface area contributed by atoms with Gasteiger partial charge in [0.25, 0.3) is 0 Å². The Hall–Kier alpha value is -3.08. The van der Waals surface area contributed by atoms with Gasteiger partial charge in [-0.15, -0.1) is 6.58 Å². The highest BCUT2D eigenvalue weighted by atomic mass is 16.7. The number of aliphatic hydroxyl groups is 1. The fourth-order valence-corrected chi connectivity index (χ4v) is 5.51. The second kappa shape index (κ2) is 15.1. The molecule has 2 amide bonds. The van der Waals surface area contributed by atoms with E-state index in [1.54, 1.807) is 5.48 Å². The molecule has 0 radical (unpaired) electrons. The first-order valence-corrected chi connectivity index (χ1v) is 14.2. The molecule has 3 atom stereocenters. The summed E-state index contributed by atoms with van der Waals surface area (Å²) in [6.07, 6.45) is 7.42. The van der Waals surface area contributed by atoms with Crippen LogP contribution in [0.5, 0.6) is 0 Å². The van der Waals surface area contributed by atoms with E-state index in [4.69, 9.17) is 14.7 Å². The van der Waals surface area contributed by atoms with Crippen LogP contribution in [0.3, 0.4) is 0 Å².